The van der Waals surface area contributed by atoms with Crippen LogP contribution in [0.5, 0.6) is 0 Å². The van der Waals surface area contributed by atoms with Gasteiger partial charge in [0.15, 0.2) is 0 Å². The summed E-state index contributed by atoms with van der Waals surface area (Å²) >= 11 is 0. The number of carbonyl (C=O) groups excluding carboxylic acids is 2. The number of carbonyl (C=O) groups is 2. The number of furan rings is 1. The van der Waals surface area contributed by atoms with Crippen molar-refractivity contribution in [1.29, 1.82) is 0 Å². The SMILES string of the molecule is O=C(NCc1ccco1)[C@@H]1CN(C(=O)Cc2ccccc2)[C@@H]2CCO[C@@H]21. The molecule has 1 aromatic carbocycles. The molecule has 1 N–H and O–H groups in total. The van der Waals surface area contributed by atoms with Crippen LogP contribution in [-0.4, -0.2) is 42.0 Å². The van der Waals surface area contributed by atoms with Crippen LogP contribution in [0.3, 0.4) is 0 Å². The van der Waals surface area contributed by atoms with E-state index in [1.54, 1.807) is 12.3 Å². The zero-order valence-corrected chi connectivity index (χ0v) is 14.5. The Balaban J connectivity index is 1.41. The lowest BCUT2D eigenvalue weighted by Gasteiger charge is -2.22. The minimum absolute atomic E-state index is 0.00873. The minimum Gasteiger partial charge on any atom is -0.467 e. The maximum Gasteiger partial charge on any atom is 0.227 e. The van der Waals surface area contributed by atoms with E-state index < -0.39 is 0 Å². The van der Waals surface area contributed by atoms with Gasteiger partial charge in [-0.25, -0.2) is 0 Å². The first kappa shape index (κ1) is 16.8. The average molecular weight is 354 g/mol. The molecule has 6 heteroatoms. The van der Waals surface area contributed by atoms with Crippen LogP contribution in [0, 0.1) is 5.92 Å². The minimum atomic E-state index is -0.336. The molecule has 2 aliphatic heterocycles. The number of nitrogens with zero attached hydrogens (tertiary/aromatic N) is 1. The standard InChI is InChI=1S/C20H22N2O4/c23-18(11-14-5-2-1-3-6-14)22-13-16(19-17(22)8-10-26-19)20(24)21-12-15-7-4-9-25-15/h1-7,9,16-17,19H,8,10-13H2,(H,21,24)/t16-,17-,19-/m1/s1. The number of likely N-dealkylation sites (tertiary alicyclic amines) is 1. The van der Waals surface area contributed by atoms with E-state index in [-0.39, 0.29) is 29.9 Å². The summed E-state index contributed by atoms with van der Waals surface area (Å²) in [6.45, 7) is 1.34. The van der Waals surface area contributed by atoms with Gasteiger partial charge in [0.05, 0.1) is 37.3 Å². The second kappa shape index (κ2) is 7.33. The predicted molar refractivity (Wildman–Crippen MR) is 94.0 cm³/mol. The van der Waals surface area contributed by atoms with Gasteiger partial charge in [0.25, 0.3) is 0 Å². The normalized spacial score (nSPS) is 24.5. The smallest absolute Gasteiger partial charge is 0.227 e. The third kappa shape index (κ3) is 3.37. The summed E-state index contributed by atoms with van der Waals surface area (Å²) in [5.74, 6) is 0.334. The van der Waals surface area contributed by atoms with Gasteiger partial charge in [0, 0.05) is 13.2 Å². The van der Waals surface area contributed by atoms with Crippen LogP contribution >= 0.6 is 0 Å². The molecule has 4 rings (SSSR count). The zero-order valence-electron chi connectivity index (χ0n) is 14.5. The molecule has 6 nitrogen and oxygen atoms in total. The first-order chi connectivity index (χ1) is 12.7. The van der Waals surface area contributed by atoms with Crippen molar-refractivity contribution in [2.45, 2.75) is 31.5 Å². The highest BCUT2D eigenvalue weighted by atomic mass is 16.5. The second-order valence-electron chi connectivity index (χ2n) is 6.80. The number of rotatable bonds is 5. The molecule has 0 spiro atoms. The van der Waals surface area contributed by atoms with Gasteiger partial charge in [0.2, 0.25) is 11.8 Å². The molecule has 2 aromatic rings. The highest BCUT2D eigenvalue weighted by Gasteiger charge is 2.50. The van der Waals surface area contributed by atoms with Crippen molar-refractivity contribution in [2.24, 2.45) is 5.92 Å². The van der Waals surface area contributed by atoms with E-state index in [0.717, 1.165) is 12.0 Å². The van der Waals surface area contributed by atoms with E-state index in [2.05, 4.69) is 5.32 Å². The Bertz CT molecular complexity index is 759. The van der Waals surface area contributed by atoms with Gasteiger partial charge in [-0.3, -0.25) is 9.59 Å². The molecule has 0 aliphatic carbocycles. The second-order valence-corrected chi connectivity index (χ2v) is 6.80. The number of fused-ring (bicyclic) bond motifs is 1. The van der Waals surface area contributed by atoms with Gasteiger partial charge < -0.3 is 19.4 Å². The first-order valence-electron chi connectivity index (χ1n) is 8.97. The van der Waals surface area contributed by atoms with E-state index in [9.17, 15) is 9.59 Å². The van der Waals surface area contributed by atoms with Crippen molar-refractivity contribution in [3.63, 3.8) is 0 Å². The Morgan fingerprint density at radius 3 is 2.77 bits per heavy atom. The summed E-state index contributed by atoms with van der Waals surface area (Å²) in [4.78, 5) is 27.3. The Labute approximate surface area is 152 Å². The quantitative estimate of drug-likeness (QED) is 0.888. The molecule has 3 atom stereocenters. The lowest BCUT2D eigenvalue weighted by molar-refractivity contribution is -0.131. The van der Waals surface area contributed by atoms with Crippen LogP contribution in [0.15, 0.2) is 53.1 Å². The molecular formula is C20H22N2O4. The van der Waals surface area contributed by atoms with Gasteiger partial charge in [-0.05, 0) is 24.1 Å². The van der Waals surface area contributed by atoms with E-state index in [0.29, 0.717) is 31.9 Å². The molecule has 0 bridgehead atoms. The summed E-state index contributed by atoms with van der Waals surface area (Å²) in [6.07, 6.45) is 2.50. The first-order valence-corrected chi connectivity index (χ1v) is 8.97. The summed E-state index contributed by atoms with van der Waals surface area (Å²) in [5.41, 5.74) is 0.985. The summed E-state index contributed by atoms with van der Waals surface area (Å²) < 4.78 is 11.0. The number of amides is 2. The topological polar surface area (TPSA) is 71.8 Å². The number of nitrogens with one attached hydrogen (secondary N) is 1. The zero-order chi connectivity index (χ0) is 17.9. The summed E-state index contributed by atoms with van der Waals surface area (Å²) in [7, 11) is 0. The summed E-state index contributed by atoms with van der Waals surface area (Å²) in [6, 6.07) is 13.3. The fraction of sp³-hybridized carbons (Fsp3) is 0.400. The molecule has 26 heavy (non-hydrogen) atoms. The molecule has 0 saturated carbocycles. The van der Waals surface area contributed by atoms with Crippen molar-refractivity contribution < 1.29 is 18.7 Å². The van der Waals surface area contributed by atoms with Crippen LogP contribution in [0.4, 0.5) is 0 Å². The number of ether oxygens (including phenoxy) is 1. The predicted octanol–water partition coefficient (Wildman–Crippen LogP) is 1.75. The fourth-order valence-electron chi connectivity index (χ4n) is 3.88. The molecule has 0 radical (unpaired) electrons. The fourth-order valence-corrected chi connectivity index (χ4v) is 3.88. The van der Waals surface area contributed by atoms with Gasteiger partial charge >= 0.3 is 0 Å². The number of hydrogen-bond donors (Lipinski definition) is 1. The number of hydrogen-bond acceptors (Lipinski definition) is 4. The van der Waals surface area contributed by atoms with Crippen molar-refractivity contribution in [3.8, 4) is 0 Å². The molecule has 1 aromatic heterocycles. The van der Waals surface area contributed by atoms with Crippen molar-refractivity contribution >= 4 is 11.8 Å². The third-order valence-electron chi connectivity index (χ3n) is 5.17. The van der Waals surface area contributed by atoms with Crippen LogP contribution in [0.2, 0.25) is 0 Å². The van der Waals surface area contributed by atoms with Crippen LogP contribution in [-0.2, 0) is 27.3 Å². The lowest BCUT2D eigenvalue weighted by Crippen LogP contribution is -2.38. The molecule has 2 saturated heterocycles. The molecule has 3 heterocycles. The highest BCUT2D eigenvalue weighted by Crippen LogP contribution is 2.34. The van der Waals surface area contributed by atoms with Gasteiger partial charge in [-0.2, -0.15) is 0 Å². The lowest BCUT2D eigenvalue weighted by atomic mass is 10.0. The molecule has 2 aliphatic rings. The van der Waals surface area contributed by atoms with E-state index in [1.807, 2.05) is 41.3 Å². The number of benzene rings is 1. The van der Waals surface area contributed by atoms with Crippen molar-refractivity contribution in [2.75, 3.05) is 13.2 Å². The Morgan fingerprint density at radius 1 is 1.15 bits per heavy atom. The van der Waals surface area contributed by atoms with Gasteiger partial charge in [0.1, 0.15) is 5.76 Å². The molecule has 2 fully saturated rings. The maximum absolute atomic E-state index is 12.8. The van der Waals surface area contributed by atoms with Crippen molar-refractivity contribution in [1.82, 2.24) is 10.2 Å². The Morgan fingerprint density at radius 2 is 2.00 bits per heavy atom. The monoisotopic (exact) mass is 354 g/mol. The van der Waals surface area contributed by atoms with Crippen LogP contribution < -0.4 is 5.32 Å². The van der Waals surface area contributed by atoms with E-state index in [4.69, 9.17) is 9.15 Å². The Kier molecular flexibility index (Phi) is 4.75. The largest absolute Gasteiger partial charge is 0.467 e. The molecular weight excluding hydrogens is 332 g/mol. The van der Waals surface area contributed by atoms with Crippen molar-refractivity contribution in [3.05, 3.63) is 60.1 Å². The third-order valence-corrected chi connectivity index (χ3v) is 5.17. The summed E-state index contributed by atoms with van der Waals surface area (Å²) in [5, 5.41) is 2.90. The van der Waals surface area contributed by atoms with Gasteiger partial charge in [-0.1, -0.05) is 30.3 Å². The average Bonchev–Trinajstić information content (AvgIpc) is 3.38. The van der Waals surface area contributed by atoms with E-state index in [1.165, 1.54) is 0 Å². The molecule has 136 valence electrons. The Hall–Kier alpha value is -2.60. The van der Waals surface area contributed by atoms with Crippen LogP contribution in [0.25, 0.3) is 0 Å². The van der Waals surface area contributed by atoms with Gasteiger partial charge in [-0.15, -0.1) is 0 Å². The molecule has 2 amide bonds. The maximum atomic E-state index is 12.8. The van der Waals surface area contributed by atoms with Crippen LogP contribution in [0.1, 0.15) is 17.7 Å². The molecule has 0 unspecified atom stereocenters. The van der Waals surface area contributed by atoms with E-state index >= 15 is 0 Å². The highest BCUT2D eigenvalue weighted by molar-refractivity contribution is 5.84.